The van der Waals surface area contributed by atoms with Gasteiger partial charge in [0.1, 0.15) is 5.69 Å². The molecule has 0 saturated heterocycles. The number of hydrogen-bond donors (Lipinski definition) is 1. The van der Waals surface area contributed by atoms with E-state index in [9.17, 15) is 9.59 Å². The first kappa shape index (κ1) is 16.8. The average Bonchev–Trinajstić information content (AvgIpc) is 2.88. The van der Waals surface area contributed by atoms with Crippen LogP contribution >= 0.6 is 0 Å². The van der Waals surface area contributed by atoms with Crippen LogP contribution < -0.4 is 5.32 Å². The molecule has 5 heteroatoms. The number of benzene rings is 1. The third kappa shape index (κ3) is 3.62. The number of carbonyl (C=O) groups is 2. The molecule has 1 aromatic heterocycles. The molecule has 23 heavy (non-hydrogen) atoms. The van der Waals surface area contributed by atoms with E-state index in [-0.39, 0.29) is 11.8 Å². The first-order valence-electron chi connectivity index (χ1n) is 7.81. The molecule has 2 amide bonds. The molecule has 0 atom stereocenters. The molecule has 0 radical (unpaired) electrons. The Hall–Kier alpha value is -2.56. The fraction of sp³-hybridized carbons (Fsp3) is 0.333. The zero-order valence-corrected chi connectivity index (χ0v) is 14.1. The summed E-state index contributed by atoms with van der Waals surface area (Å²) in [7, 11) is 1.85. The highest BCUT2D eigenvalue weighted by atomic mass is 16.2. The van der Waals surface area contributed by atoms with Crippen molar-refractivity contribution in [1.29, 1.82) is 0 Å². The Labute approximate surface area is 136 Å². The number of rotatable bonds is 5. The van der Waals surface area contributed by atoms with E-state index in [0.717, 1.165) is 5.69 Å². The van der Waals surface area contributed by atoms with Gasteiger partial charge in [0.05, 0.1) is 0 Å². The van der Waals surface area contributed by atoms with Crippen LogP contribution in [0.15, 0.2) is 36.4 Å². The van der Waals surface area contributed by atoms with Crippen LogP contribution in [-0.4, -0.2) is 34.4 Å². The molecule has 2 aromatic rings. The van der Waals surface area contributed by atoms with Crippen LogP contribution in [0.4, 0.5) is 5.69 Å². The lowest BCUT2D eigenvalue weighted by atomic mass is 10.1. The second-order valence-corrected chi connectivity index (χ2v) is 5.43. The van der Waals surface area contributed by atoms with Crippen molar-refractivity contribution in [2.24, 2.45) is 7.05 Å². The normalized spacial score (nSPS) is 10.4. The molecule has 2 rings (SSSR count). The molecular formula is C18H23N3O2. The van der Waals surface area contributed by atoms with Gasteiger partial charge in [-0.1, -0.05) is 6.07 Å². The molecule has 0 aliphatic rings. The summed E-state index contributed by atoms with van der Waals surface area (Å²) < 4.78 is 1.83. The highest BCUT2D eigenvalue weighted by molar-refractivity contribution is 6.04. The van der Waals surface area contributed by atoms with Gasteiger partial charge < -0.3 is 14.8 Å². The highest BCUT2D eigenvalue weighted by Crippen LogP contribution is 2.15. The SMILES string of the molecule is CCN(CC)C(=O)c1cccc(NC(=O)c2ccc(C)n2C)c1. The largest absolute Gasteiger partial charge is 0.344 e. The number of hydrogen-bond acceptors (Lipinski definition) is 2. The second kappa shape index (κ2) is 7.13. The number of carbonyl (C=O) groups excluding carboxylic acids is 2. The number of anilines is 1. The van der Waals surface area contributed by atoms with Crippen molar-refractivity contribution >= 4 is 17.5 Å². The van der Waals surface area contributed by atoms with E-state index in [1.165, 1.54) is 0 Å². The summed E-state index contributed by atoms with van der Waals surface area (Å²) >= 11 is 0. The van der Waals surface area contributed by atoms with Gasteiger partial charge in [0, 0.05) is 37.1 Å². The maximum absolute atomic E-state index is 12.4. The van der Waals surface area contributed by atoms with Crippen LogP contribution in [0.25, 0.3) is 0 Å². The van der Waals surface area contributed by atoms with E-state index in [2.05, 4.69) is 5.32 Å². The van der Waals surface area contributed by atoms with Gasteiger partial charge in [-0.05, 0) is 51.1 Å². The van der Waals surface area contributed by atoms with Crippen molar-refractivity contribution in [3.8, 4) is 0 Å². The Morgan fingerprint density at radius 3 is 2.39 bits per heavy atom. The van der Waals surface area contributed by atoms with Gasteiger partial charge in [-0.15, -0.1) is 0 Å². The predicted molar refractivity (Wildman–Crippen MR) is 91.8 cm³/mol. The standard InChI is InChI=1S/C18H23N3O2/c1-5-21(6-2)18(23)14-8-7-9-15(12-14)19-17(22)16-11-10-13(3)20(16)4/h7-12H,5-6H2,1-4H3,(H,19,22). The predicted octanol–water partition coefficient (Wildman–Crippen LogP) is 3.07. The molecule has 0 spiro atoms. The van der Waals surface area contributed by atoms with Crippen molar-refractivity contribution in [3.05, 3.63) is 53.3 Å². The molecular weight excluding hydrogens is 290 g/mol. The molecule has 0 saturated carbocycles. The second-order valence-electron chi connectivity index (χ2n) is 5.43. The Bertz CT molecular complexity index is 715. The van der Waals surface area contributed by atoms with E-state index >= 15 is 0 Å². The van der Waals surface area contributed by atoms with Gasteiger partial charge in [0.2, 0.25) is 0 Å². The van der Waals surface area contributed by atoms with Crippen LogP contribution in [-0.2, 0) is 7.05 Å². The highest BCUT2D eigenvalue weighted by Gasteiger charge is 2.15. The van der Waals surface area contributed by atoms with E-state index < -0.39 is 0 Å². The smallest absolute Gasteiger partial charge is 0.272 e. The topological polar surface area (TPSA) is 54.3 Å². The maximum Gasteiger partial charge on any atom is 0.272 e. The third-order valence-electron chi connectivity index (χ3n) is 4.02. The summed E-state index contributed by atoms with van der Waals surface area (Å²) in [6.07, 6.45) is 0. The van der Waals surface area contributed by atoms with E-state index in [4.69, 9.17) is 0 Å². The Morgan fingerprint density at radius 1 is 1.13 bits per heavy atom. The summed E-state index contributed by atoms with van der Waals surface area (Å²) in [5.41, 5.74) is 2.80. The van der Waals surface area contributed by atoms with Crippen molar-refractivity contribution in [2.45, 2.75) is 20.8 Å². The quantitative estimate of drug-likeness (QED) is 0.922. The summed E-state index contributed by atoms with van der Waals surface area (Å²) in [5.74, 6) is -0.214. The first-order chi connectivity index (χ1) is 11.0. The average molecular weight is 313 g/mol. The Kier molecular flexibility index (Phi) is 5.21. The van der Waals surface area contributed by atoms with E-state index in [1.54, 1.807) is 35.2 Å². The molecule has 0 aliphatic heterocycles. The maximum atomic E-state index is 12.4. The molecule has 0 bridgehead atoms. The molecule has 5 nitrogen and oxygen atoms in total. The number of aryl methyl sites for hydroxylation is 1. The van der Waals surface area contributed by atoms with Gasteiger partial charge in [-0.25, -0.2) is 0 Å². The molecule has 0 unspecified atom stereocenters. The summed E-state index contributed by atoms with van der Waals surface area (Å²) in [4.78, 5) is 26.5. The zero-order chi connectivity index (χ0) is 17.0. The molecule has 122 valence electrons. The number of nitrogens with one attached hydrogen (secondary N) is 1. The van der Waals surface area contributed by atoms with Gasteiger partial charge in [0.15, 0.2) is 0 Å². The number of nitrogens with zero attached hydrogens (tertiary/aromatic N) is 2. The van der Waals surface area contributed by atoms with Crippen LogP contribution in [0.3, 0.4) is 0 Å². The van der Waals surface area contributed by atoms with Gasteiger partial charge in [-0.3, -0.25) is 9.59 Å². The van der Waals surface area contributed by atoms with Crippen molar-refractivity contribution in [1.82, 2.24) is 9.47 Å². The van der Waals surface area contributed by atoms with Crippen molar-refractivity contribution in [3.63, 3.8) is 0 Å². The third-order valence-corrected chi connectivity index (χ3v) is 4.02. The summed E-state index contributed by atoms with van der Waals surface area (Å²) in [5, 5.41) is 2.85. The van der Waals surface area contributed by atoms with Gasteiger partial charge in [0.25, 0.3) is 11.8 Å². The van der Waals surface area contributed by atoms with Crippen LogP contribution in [0.5, 0.6) is 0 Å². The minimum atomic E-state index is -0.187. The molecule has 0 fully saturated rings. The summed E-state index contributed by atoms with van der Waals surface area (Å²) in [6, 6.07) is 10.7. The van der Waals surface area contributed by atoms with Crippen molar-refractivity contribution < 1.29 is 9.59 Å². The van der Waals surface area contributed by atoms with Crippen LogP contribution in [0.1, 0.15) is 40.4 Å². The Morgan fingerprint density at radius 2 is 1.83 bits per heavy atom. The summed E-state index contributed by atoms with van der Waals surface area (Å²) in [6.45, 7) is 7.17. The first-order valence-corrected chi connectivity index (χ1v) is 7.81. The lowest BCUT2D eigenvalue weighted by Gasteiger charge is -2.19. The minimum Gasteiger partial charge on any atom is -0.344 e. The van der Waals surface area contributed by atoms with Crippen molar-refractivity contribution in [2.75, 3.05) is 18.4 Å². The fourth-order valence-electron chi connectivity index (χ4n) is 2.46. The molecule has 1 N–H and O–H groups in total. The van der Waals surface area contributed by atoms with Crippen LogP contribution in [0.2, 0.25) is 0 Å². The minimum absolute atomic E-state index is 0.0270. The number of aromatic nitrogens is 1. The monoisotopic (exact) mass is 313 g/mol. The fourth-order valence-corrected chi connectivity index (χ4v) is 2.46. The zero-order valence-electron chi connectivity index (χ0n) is 14.1. The number of amides is 2. The van der Waals surface area contributed by atoms with E-state index in [1.807, 2.05) is 38.5 Å². The lowest BCUT2D eigenvalue weighted by molar-refractivity contribution is 0.0772. The Balaban J connectivity index is 2.19. The molecule has 0 aliphatic carbocycles. The lowest BCUT2D eigenvalue weighted by Crippen LogP contribution is -2.30. The molecule has 1 heterocycles. The van der Waals surface area contributed by atoms with Gasteiger partial charge >= 0.3 is 0 Å². The molecule has 1 aromatic carbocycles. The van der Waals surface area contributed by atoms with Crippen LogP contribution in [0, 0.1) is 6.92 Å². The van der Waals surface area contributed by atoms with E-state index in [0.29, 0.717) is 30.0 Å². The van der Waals surface area contributed by atoms with Gasteiger partial charge in [-0.2, -0.15) is 0 Å².